The Bertz CT molecular complexity index is 449. The van der Waals surface area contributed by atoms with Gasteiger partial charge in [-0.1, -0.05) is 0 Å². The fourth-order valence-electron chi connectivity index (χ4n) is 3.51. The van der Waals surface area contributed by atoms with Gasteiger partial charge in [0.2, 0.25) is 0 Å². The van der Waals surface area contributed by atoms with E-state index in [0.717, 1.165) is 30.6 Å². The molecule has 1 aromatic rings. The van der Waals surface area contributed by atoms with Gasteiger partial charge >= 0.3 is 0 Å². The van der Waals surface area contributed by atoms with Crippen LogP contribution in [-0.4, -0.2) is 44.2 Å². The van der Waals surface area contributed by atoms with E-state index in [-0.39, 0.29) is 0 Å². The van der Waals surface area contributed by atoms with Crippen LogP contribution in [0.5, 0.6) is 5.75 Å². The maximum absolute atomic E-state index is 6.01. The van der Waals surface area contributed by atoms with E-state index in [2.05, 4.69) is 15.9 Å². The van der Waals surface area contributed by atoms with Crippen LogP contribution in [0.3, 0.4) is 0 Å². The van der Waals surface area contributed by atoms with E-state index in [0.29, 0.717) is 0 Å². The fraction of sp³-hybridized carbons (Fsp3) is 0.625. The molecule has 2 N–H and O–H groups in total. The van der Waals surface area contributed by atoms with Crippen LogP contribution in [0.25, 0.3) is 0 Å². The highest BCUT2D eigenvalue weighted by molar-refractivity contribution is 5.63. The number of hydrogen-bond acceptors (Lipinski definition) is 4. The molecule has 0 radical (unpaired) electrons. The van der Waals surface area contributed by atoms with Crippen molar-refractivity contribution >= 4 is 11.4 Å². The van der Waals surface area contributed by atoms with E-state index in [1.807, 2.05) is 12.1 Å². The summed E-state index contributed by atoms with van der Waals surface area (Å²) in [5, 5.41) is 0. The van der Waals surface area contributed by atoms with Gasteiger partial charge in [0.05, 0.1) is 12.8 Å². The molecule has 0 aromatic heterocycles. The first-order chi connectivity index (χ1) is 9.78. The monoisotopic (exact) mass is 275 g/mol. The fourth-order valence-corrected chi connectivity index (χ4v) is 3.51. The highest BCUT2D eigenvalue weighted by atomic mass is 16.5. The minimum atomic E-state index is 0.728. The van der Waals surface area contributed by atoms with Gasteiger partial charge in [0, 0.05) is 24.8 Å². The van der Waals surface area contributed by atoms with E-state index >= 15 is 0 Å². The zero-order valence-electron chi connectivity index (χ0n) is 12.3. The van der Waals surface area contributed by atoms with Crippen molar-refractivity contribution in [2.24, 2.45) is 0 Å². The van der Waals surface area contributed by atoms with Gasteiger partial charge in [-0.2, -0.15) is 0 Å². The Morgan fingerprint density at radius 1 is 1.10 bits per heavy atom. The lowest BCUT2D eigenvalue weighted by Crippen LogP contribution is -2.43. The van der Waals surface area contributed by atoms with E-state index in [1.54, 1.807) is 7.11 Å². The average molecular weight is 275 g/mol. The molecule has 2 aliphatic heterocycles. The first kappa shape index (κ1) is 13.6. The molecule has 0 aliphatic carbocycles. The van der Waals surface area contributed by atoms with Gasteiger partial charge in [-0.3, -0.25) is 0 Å². The molecule has 2 fully saturated rings. The summed E-state index contributed by atoms with van der Waals surface area (Å²) in [6.07, 6.45) is 5.31. The van der Waals surface area contributed by atoms with Gasteiger partial charge < -0.3 is 20.3 Å². The summed E-state index contributed by atoms with van der Waals surface area (Å²) in [6, 6.07) is 6.92. The molecule has 2 saturated heterocycles. The Hall–Kier alpha value is -1.42. The van der Waals surface area contributed by atoms with Crippen LogP contribution in [0, 0.1) is 0 Å². The topological polar surface area (TPSA) is 41.7 Å². The number of nitrogens with zero attached hydrogens (tertiary/aromatic N) is 2. The van der Waals surface area contributed by atoms with E-state index in [4.69, 9.17) is 10.5 Å². The number of ether oxygens (including phenoxy) is 1. The lowest BCUT2D eigenvalue weighted by molar-refractivity contribution is 0.208. The number of rotatable bonds is 3. The van der Waals surface area contributed by atoms with Crippen molar-refractivity contribution in [1.82, 2.24) is 4.90 Å². The highest BCUT2D eigenvalue weighted by Gasteiger charge is 2.26. The summed E-state index contributed by atoms with van der Waals surface area (Å²) in [7, 11) is 1.66. The van der Waals surface area contributed by atoms with Gasteiger partial charge in [-0.05, 0) is 57.0 Å². The molecule has 20 heavy (non-hydrogen) atoms. The third-order valence-corrected chi connectivity index (χ3v) is 4.70. The predicted octanol–water partition coefficient (Wildman–Crippen LogP) is 2.34. The zero-order chi connectivity index (χ0) is 13.9. The Kier molecular flexibility index (Phi) is 4.01. The molecule has 1 aromatic carbocycles. The summed E-state index contributed by atoms with van der Waals surface area (Å²) in [6.45, 7) is 4.88. The number of piperidine rings is 1. The highest BCUT2D eigenvalue weighted by Crippen LogP contribution is 2.30. The zero-order valence-corrected chi connectivity index (χ0v) is 12.3. The van der Waals surface area contributed by atoms with Crippen LogP contribution in [0.15, 0.2) is 18.2 Å². The minimum absolute atomic E-state index is 0.728. The molecule has 110 valence electrons. The van der Waals surface area contributed by atoms with E-state index in [9.17, 15) is 0 Å². The maximum atomic E-state index is 6.01. The second-order valence-electron chi connectivity index (χ2n) is 5.89. The van der Waals surface area contributed by atoms with Crippen molar-refractivity contribution in [3.8, 4) is 5.75 Å². The quantitative estimate of drug-likeness (QED) is 0.860. The smallest absolute Gasteiger partial charge is 0.141 e. The van der Waals surface area contributed by atoms with Gasteiger partial charge in [0.25, 0.3) is 0 Å². The second kappa shape index (κ2) is 5.92. The molecule has 0 bridgehead atoms. The normalized spacial score (nSPS) is 21.4. The molecule has 4 heteroatoms. The van der Waals surface area contributed by atoms with Crippen molar-refractivity contribution < 1.29 is 4.74 Å². The van der Waals surface area contributed by atoms with Crippen molar-refractivity contribution in [1.29, 1.82) is 0 Å². The van der Waals surface area contributed by atoms with Crippen LogP contribution >= 0.6 is 0 Å². The van der Waals surface area contributed by atoms with Gasteiger partial charge in [0.1, 0.15) is 5.75 Å². The van der Waals surface area contributed by atoms with E-state index < -0.39 is 0 Å². The average Bonchev–Trinajstić information content (AvgIpc) is 3.01. The Labute approximate surface area is 121 Å². The Balaban J connectivity index is 1.61. The molecule has 0 amide bonds. The van der Waals surface area contributed by atoms with Gasteiger partial charge in [0.15, 0.2) is 0 Å². The summed E-state index contributed by atoms with van der Waals surface area (Å²) < 4.78 is 5.22. The third kappa shape index (κ3) is 2.70. The van der Waals surface area contributed by atoms with Crippen LogP contribution in [0.4, 0.5) is 11.4 Å². The Morgan fingerprint density at radius 2 is 1.80 bits per heavy atom. The third-order valence-electron chi connectivity index (χ3n) is 4.70. The van der Waals surface area contributed by atoms with Crippen molar-refractivity contribution in [3.63, 3.8) is 0 Å². The Morgan fingerprint density at radius 3 is 2.40 bits per heavy atom. The summed E-state index contributed by atoms with van der Waals surface area (Å²) >= 11 is 0. The number of likely N-dealkylation sites (tertiary alicyclic amines) is 1. The molecule has 2 heterocycles. The number of benzene rings is 1. The number of anilines is 2. The van der Waals surface area contributed by atoms with Crippen LogP contribution in [-0.2, 0) is 0 Å². The molecule has 0 unspecified atom stereocenters. The summed E-state index contributed by atoms with van der Waals surface area (Å²) in [5.41, 5.74) is 7.96. The molecule has 2 aliphatic rings. The molecule has 0 saturated carbocycles. The van der Waals surface area contributed by atoms with Crippen LogP contribution in [0.1, 0.15) is 25.7 Å². The molecule has 0 atom stereocenters. The SMILES string of the molecule is COc1ccc(N2CCC(N3CCCC3)CC2)cc1N. The predicted molar refractivity (Wildman–Crippen MR) is 83.4 cm³/mol. The number of hydrogen-bond donors (Lipinski definition) is 1. The van der Waals surface area contributed by atoms with Gasteiger partial charge in [-0.25, -0.2) is 0 Å². The van der Waals surface area contributed by atoms with Crippen LogP contribution < -0.4 is 15.4 Å². The first-order valence-corrected chi connectivity index (χ1v) is 7.70. The lowest BCUT2D eigenvalue weighted by Gasteiger charge is -2.38. The standard InChI is InChI=1S/C16H25N3O/c1-20-16-5-4-14(12-15(16)17)19-10-6-13(7-11-19)18-8-2-3-9-18/h4-5,12-13H,2-3,6-11,17H2,1H3. The first-order valence-electron chi connectivity index (χ1n) is 7.70. The van der Waals surface area contributed by atoms with Crippen LogP contribution in [0.2, 0.25) is 0 Å². The van der Waals surface area contributed by atoms with Crippen molar-refractivity contribution in [3.05, 3.63) is 18.2 Å². The van der Waals surface area contributed by atoms with Crippen molar-refractivity contribution in [2.45, 2.75) is 31.7 Å². The molecular formula is C16H25N3O. The molecular weight excluding hydrogens is 250 g/mol. The van der Waals surface area contributed by atoms with Gasteiger partial charge in [-0.15, -0.1) is 0 Å². The minimum Gasteiger partial charge on any atom is -0.495 e. The summed E-state index contributed by atoms with van der Waals surface area (Å²) in [4.78, 5) is 5.13. The van der Waals surface area contributed by atoms with E-state index in [1.165, 1.54) is 44.5 Å². The second-order valence-corrected chi connectivity index (χ2v) is 5.89. The summed E-state index contributed by atoms with van der Waals surface area (Å²) in [5.74, 6) is 0.765. The largest absolute Gasteiger partial charge is 0.495 e. The lowest BCUT2D eigenvalue weighted by atomic mass is 10.0. The maximum Gasteiger partial charge on any atom is 0.141 e. The molecule has 0 spiro atoms. The number of nitrogen functional groups attached to an aromatic ring is 1. The number of nitrogens with two attached hydrogens (primary N) is 1. The molecule has 3 rings (SSSR count). The van der Waals surface area contributed by atoms with Crippen molar-refractivity contribution in [2.75, 3.05) is 43.9 Å². The molecule has 4 nitrogen and oxygen atoms in total. The number of methoxy groups -OCH3 is 1.